The Morgan fingerprint density at radius 1 is 1.21 bits per heavy atom. The lowest BCUT2D eigenvalue weighted by Gasteiger charge is -2.29. The third kappa shape index (κ3) is 4.23. The monoisotopic (exact) mass is 268 g/mol. The molecule has 0 aliphatic carbocycles. The number of hydrogen-bond acceptors (Lipinski definition) is 5. The number of hydrogen-bond donors (Lipinski definition) is 0. The predicted molar refractivity (Wildman–Crippen MR) is 72.6 cm³/mol. The number of methoxy groups -OCH3 is 2. The largest absolute Gasteiger partial charge is 0.370 e. The molecular formula is C14H24N2O3. The molecule has 1 heterocycles. The van der Waals surface area contributed by atoms with Gasteiger partial charge < -0.3 is 14.2 Å². The maximum absolute atomic E-state index is 5.79. The normalized spacial score (nSPS) is 13.8. The Morgan fingerprint density at radius 3 is 2.32 bits per heavy atom. The maximum atomic E-state index is 5.79. The summed E-state index contributed by atoms with van der Waals surface area (Å²) in [5.41, 5.74) is 0.619. The molecule has 0 saturated heterocycles. The van der Waals surface area contributed by atoms with Gasteiger partial charge in [0, 0.05) is 27.0 Å². The molecule has 1 aromatic rings. The molecule has 0 saturated carbocycles. The second-order valence-electron chi connectivity index (χ2n) is 5.34. The van der Waals surface area contributed by atoms with Crippen molar-refractivity contribution < 1.29 is 14.2 Å². The lowest BCUT2D eigenvalue weighted by Crippen LogP contribution is -2.24. The Balaban J connectivity index is 3.08. The van der Waals surface area contributed by atoms with Gasteiger partial charge in [0.25, 0.3) is 0 Å². The molecule has 5 heteroatoms. The number of nitrogens with zero attached hydrogens (tertiary/aromatic N) is 2. The summed E-state index contributed by atoms with van der Waals surface area (Å²) >= 11 is 0. The van der Waals surface area contributed by atoms with Crippen LogP contribution in [0, 0.1) is 5.41 Å². The summed E-state index contributed by atoms with van der Waals surface area (Å²) in [6, 6.07) is 1.78. The molecular weight excluding hydrogens is 244 g/mol. The van der Waals surface area contributed by atoms with Crippen LogP contribution in [0.3, 0.4) is 0 Å². The van der Waals surface area contributed by atoms with E-state index >= 15 is 0 Å². The van der Waals surface area contributed by atoms with Crippen molar-refractivity contribution >= 4 is 0 Å². The highest BCUT2D eigenvalue weighted by Gasteiger charge is 2.30. The van der Waals surface area contributed by atoms with Crippen molar-refractivity contribution in [2.24, 2.45) is 5.41 Å². The topological polar surface area (TPSA) is 53.5 Å². The fourth-order valence-corrected chi connectivity index (χ4v) is 1.86. The molecule has 0 aromatic carbocycles. The lowest BCUT2D eigenvalue weighted by atomic mass is 9.88. The van der Waals surface area contributed by atoms with Crippen LogP contribution >= 0.6 is 0 Å². The van der Waals surface area contributed by atoms with Gasteiger partial charge in [0.2, 0.25) is 6.29 Å². The van der Waals surface area contributed by atoms with E-state index in [1.54, 1.807) is 26.5 Å². The van der Waals surface area contributed by atoms with Crippen LogP contribution in [0.5, 0.6) is 0 Å². The van der Waals surface area contributed by atoms with E-state index in [1.807, 2.05) is 6.92 Å². The van der Waals surface area contributed by atoms with Crippen LogP contribution in [-0.2, 0) is 14.2 Å². The van der Waals surface area contributed by atoms with Gasteiger partial charge in [-0.25, -0.2) is 9.97 Å². The van der Waals surface area contributed by atoms with E-state index in [2.05, 4.69) is 30.7 Å². The molecule has 1 unspecified atom stereocenters. The van der Waals surface area contributed by atoms with Crippen LogP contribution in [0.25, 0.3) is 0 Å². The Bertz CT molecular complexity index is 387. The highest BCUT2D eigenvalue weighted by Crippen LogP contribution is 2.34. The molecule has 1 aromatic heterocycles. The van der Waals surface area contributed by atoms with E-state index in [9.17, 15) is 0 Å². The van der Waals surface area contributed by atoms with Gasteiger partial charge >= 0.3 is 0 Å². The van der Waals surface area contributed by atoms with Crippen LogP contribution < -0.4 is 0 Å². The van der Waals surface area contributed by atoms with E-state index in [-0.39, 0.29) is 11.5 Å². The second kappa shape index (κ2) is 6.93. The SMILES string of the molecule is CCOC(c1nccc(C(OC)OC)n1)C(C)(C)C. The molecule has 0 fully saturated rings. The average Bonchev–Trinajstić information content (AvgIpc) is 2.36. The molecule has 19 heavy (non-hydrogen) atoms. The Hall–Kier alpha value is -1.04. The molecule has 0 radical (unpaired) electrons. The highest BCUT2D eigenvalue weighted by atomic mass is 16.7. The third-order valence-electron chi connectivity index (χ3n) is 2.72. The maximum Gasteiger partial charge on any atom is 0.200 e. The summed E-state index contributed by atoms with van der Waals surface area (Å²) in [5.74, 6) is 0.658. The van der Waals surface area contributed by atoms with Crippen molar-refractivity contribution in [2.75, 3.05) is 20.8 Å². The summed E-state index contributed by atoms with van der Waals surface area (Å²) in [4.78, 5) is 8.84. The van der Waals surface area contributed by atoms with Crippen molar-refractivity contribution in [1.29, 1.82) is 0 Å². The molecule has 0 aliphatic rings. The molecule has 108 valence electrons. The van der Waals surface area contributed by atoms with Crippen LogP contribution in [0.2, 0.25) is 0 Å². The standard InChI is InChI=1S/C14H24N2O3/c1-7-19-11(14(2,3)4)12-15-9-8-10(16-12)13(17-5)18-6/h8-9,11,13H,7H2,1-6H3. The summed E-state index contributed by atoms with van der Waals surface area (Å²) < 4.78 is 16.2. The van der Waals surface area contributed by atoms with Gasteiger partial charge in [-0.15, -0.1) is 0 Å². The molecule has 0 aliphatic heterocycles. The van der Waals surface area contributed by atoms with Gasteiger partial charge in [-0.1, -0.05) is 20.8 Å². The van der Waals surface area contributed by atoms with Gasteiger partial charge in [-0.2, -0.15) is 0 Å². The quantitative estimate of drug-likeness (QED) is 0.742. The van der Waals surface area contributed by atoms with E-state index in [0.717, 1.165) is 0 Å². The van der Waals surface area contributed by atoms with Gasteiger partial charge in [0.15, 0.2) is 5.82 Å². The first-order valence-electron chi connectivity index (χ1n) is 6.44. The molecule has 5 nitrogen and oxygen atoms in total. The summed E-state index contributed by atoms with van der Waals surface area (Å²) in [5, 5.41) is 0. The van der Waals surface area contributed by atoms with Gasteiger partial charge in [0.05, 0.1) is 0 Å². The number of aromatic nitrogens is 2. The highest BCUT2D eigenvalue weighted by molar-refractivity contribution is 5.07. The smallest absolute Gasteiger partial charge is 0.200 e. The van der Waals surface area contributed by atoms with Gasteiger partial charge in [0.1, 0.15) is 11.8 Å². The zero-order valence-electron chi connectivity index (χ0n) is 12.6. The van der Waals surface area contributed by atoms with Crippen molar-refractivity contribution in [3.05, 3.63) is 23.8 Å². The van der Waals surface area contributed by atoms with Crippen molar-refractivity contribution in [2.45, 2.75) is 40.1 Å². The molecule has 0 bridgehead atoms. The van der Waals surface area contributed by atoms with Crippen LogP contribution in [0.4, 0.5) is 0 Å². The van der Waals surface area contributed by atoms with Crippen molar-refractivity contribution in [1.82, 2.24) is 9.97 Å². The van der Waals surface area contributed by atoms with E-state index in [1.165, 1.54) is 0 Å². The van der Waals surface area contributed by atoms with Gasteiger partial charge in [-0.3, -0.25) is 0 Å². The lowest BCUT2D eigenvalue weighted by molar-refractivity contribution is -0.109. The first kappa shape index (κ1) is 16.0. The zero-order chi connectivity index (χ0) is 14.5. The molecule has 1 atom stereocenters. The van der Waals surface area contributed by atoms with Crippen molar-refractivity contribution in [3.63, 3.8) is 0 Å². The number of rotatable bonds is 6. The average molecular weight is 268 g/mol. The van der Waals surface area contributed by atoms with Crippen molar-refractivity contribution in [3.8, 4) is 0 Å². The minimum Gasteiger partial charge on any atom is -0.370 e. The minimum atomic E-state index is -0.482. The fraction of sp³-hybridized carbons (Fsp3) is 0.714. The summed E-state index contributed by atoms with van der Waals surface area (Å²) in [6.07, 6.45) is 1.07. The predicted octanol–water partition coefficient (Wildman–Crippen LogP) is 2.89. The minimum absolute atomic E-state index is 0.0791. The molecule has 0 N–H and O–H groups in total. The van der Waals surface area contributed by atoms with Crippen LogP contribution in [-0.4, -0.2) is 30.8 Å². The Morgan fingerprint density at radius 2 is 1.84 bits per heavy atom. The number of ether oxygens (including phenoxy) is 3. The summed E-state index contributed by atoms with van der Waals surface area (Å²) in [6.45, 7) is 8.90. The Kier molecular flexibility index (Phi) is 5.85. The first-order valence-corrected chi connectivity index (χ1v) is 6.44. The van der Waals surface area contributed by atoms with E-state index in [4.69, 9.17) is 14.2 Å². The molecule has 1 rings (SSSR count). The van der Waals surface area contributed by atoms with Crippen LogP contribution in [0.15, 0.2) is 12.3 Å². The third-order valence-corrected chi connectivity index (χ3v) is 2.72. The molecule has 0 spiro atoms. The van der Waals surface area contributed by atoms with Crippen LogP contribution in [0.1, 0.15) is 51.6 Å². The Labute approximate surface area is 115 Å². The zero-order valence-corrected chi connectivity index (χ0v) is 12.6. The summed E-state index contributed by atoms with van der Waals surface area (Å²) in [7, 11) is 3.17. The second-order valence-corrected chi connectivity index (χ2v) is 5.34. The molecule has 0 amide bonds. The van der Waals surface area contributed by atoms with Gasteiger partial charge in [-0.05, 0) is 18.4 Å². The fourth-order valence-electron chi connectivity index (χ4n) is 1.86. The first-order chi connectivity index (χ1) is 8.93. The van der Waals surface area contributed by atoms with E-state index < -0.39 is 6.29 Å². The van der Waals surface area contributed by atoms with E-state index in [0.29, 0.717) is 18.1 Å².